The van der Waals surface area contributed by atoms with Gasteiger partial charge in [-0.25, -0.2) is 8.78 Å². The van der Waals surface area contributed by atoms with E-state index in [2.05, 4.69) is 0 Å². The average molecular weight is 345 g/mol. The molecule has 2 aromatic rings. The van der Waals surface area contributed by atoms with Crippen LogP contribution in [-0.2, 0) is 0 Å². The molecule has 3 rings (SSSR count). The summed E-state index contributed by atoms with van der Waals surface area (Å²) in [6, 6.07) is 10.2. The minimum Gasteiger partial charge on any atom is -0.507 e. The Labute approximate surface area is 143 Å². The van der Waals surface area contributed by atoms with Crippen LogP contribution < -0.4 is 0 Å². The number of rotatable bonds is 3. The minimum absolute atomic E-state index is 0.0952. The zero-order valence-electron chi connectivity index (χ0n) is 13.4. The lowest BCUT2D eigenvalue weighted by Gasteiger charge is -2.31. The molecule has 1 N–H and O–H groups in total. The molecule has 1 saturated heterocycles. The van der Waals surface area contributed by atoms with E-state index in [1.807, 2.05) is 6.07 Å². The Morgan fingerprint density at radius 2 is 1.60 bits per heavy atom. The highest BCUT2D eigenvalue weighted by Gasteiger charge is 2.30. The van der Waals surface area contributed by atoms with Gasteiger partial charge in [0.1, 0.15) is 5.75 Å². The van der Waals surface area contributed by atoms with Crippen molar-refractivity contribution in [3.8, 4) is 5.75 Å². The second-order valence-electron chi connectivity index (χ2n) is 6.08. The number of nitrogens with zero attached hydrogens (tertiary/aromatic N) is 1. The number of carbonyl (C=O) groups excluding carboxylic acids is 2. The summed E-state index contributed by atoms with van der Waals surface area (Å²) in [6.45, 7) is 0.795. The van der Waals surface area contributed by atoms with E-state index in [0.717, 1.165) is 6.07 Å². The van der Waals surface area contributed by atoms with Gasteiger partial charge in [0.25, 0.3) is 5.91 Å². The predicted octanol–water partition coefficient (Wildman–Crippen LogP) is 3.41. The number of phenolic OH excluding ortho intramolecular Hbond substituents is 1. The van der Waals surface area contributed by atoms with E-state index in [1.165, 1.54) is 0 Å². The molecule has 0 atom stereocenters. The normalized spacial score (nSPS) is 15.2. The molecule has 0 radical (unpaired) electrons. The fourth-order valence-electron chi connectivity index (χ4n) is 3.06. The van der Waals surface area contributed by atoms with Gasteiger partial charge in [0, 0.05) is 30.6 Å². The van der Waals surface area contributed by atoms with Crippen molar-refractivity contribution in [1.82, 2.24) is 4.90 Å². The molecule has 1 heterocycles. The van der Waals surface area contributed by atoms with E-state index in [-0.39, 0.29) is 11.5 Å². The molecule has 25 heavy (non-hydrogen) atoms. The van der Waals surface area contributed by atoms with Gasteiger partial charge in [-0.3, -0.25) is 9.59 Å². The van der Waals surface area contributed by atoms with Crippen LogP contribution in [-0.4, -0.2) is 34.8 Å². The van der Waals surface area contributed by atoms with Gasteiger partial charge in [-0.05, 0) is 31.0 Å². The number of halogens is 2. The molecular weight excluding hydrogens is 328 g/mol. The van der Waals surface area contributed by atoms with Crippen LogP contribution in [0.3, 0.4) is 0 Å². The number of amides is 1. The van der Waals surface area contributed by atoms with Crippen LogP contribution in [0.15, 0.2) is 42.5 Å². The predicted molar refractivity (Wildman–Crippen MR) is 87.4 cm³/mol. The molecule has 1 aliphatic rings. The van der Waals surface area contributed by atoms with Gasteiger partial charge < -0.3 is 10.0 Å². The molecule has 1 aliphatic heterocycles. The Bertz CT molecular complexity index is 800. The van der Waals surface area contributed by atoms with E-state index >= 15 is 0 Å². The van der Waals surface area contributed by atoms with Gasteiger partial charge >= 0.3 is 0 Å². The SMILES string of the molecule is O=C(c1cc(F)c(F)cc1O)C1CCN(C(=O)c2ccccc2)CC1. The topological polar surface area (TPSA) is 57.6 Å². The maximum absolute atomic E-state index is 13.4. The Morgan fingerprint density at radius 1 is 1.00 bits per heavy atom. The second-order valence-corrected chi connectivity index (χ2v) is 6.08. The van der Waals surface area contributed by atoms with E-state index in [1.54, 1.807) is 29.2 Å². The molecule has 1 amide bonds. The summed E-state index contributed by atoms with van der Waals surface area (Å²) in [7, 11) is 0. The third-order valence-electron chi connectivity index (χ3n) is 4.48. The molecule has 4 nitrogen and oxygen atoms in total. The maximum Gasteiger partial charge on any atom is 0.253 e. The van der Waals surface area contributed by atoms with Gasteiger partial charge in [-0.2, -0.15) is 0 Å². The fourth-order valence-corrected chi connectivity index (χ4v) is 3.06. The molecule has 130 valence electrons. The van der Waals surface area contributed by atoms with Crippen molar-refractivity contribution >= 4 is 11.7 Å². The number of phenols is 1. The standard InChI is InChI=1S/C19H17F2NO3/c20-15-10-14(17(23)11-16(15)21)18(24)12-6-8-22(9-7-12)19(25)13-4-2-1-3-5-13/h1-5,10-12,23H,6-9H2. The molecule has 1 fully saturated rings. The summed E-state index contributed by atoms with van der Waals surface area (Å²) in [5.41, 5.74) is 0.372. The Hall–Kier alpha value is -2.76. The van der Waals surface area contributed by atoms with Gasteiger partial charge in [0.2, 0.25) is 0 Å². The highest BCUT2D eigenvalue weighted by atomic mass is 19.2. The lowest BCUT2D eigenvalue weighted by atomic mass is 9.88. The van der Waals surface area contributed by atoms with Crippen molar-refractivity contribution in [3.05, 3.63) is 65.2 Å². The van der Waals surface area contributed by atoms with Crippen molar-refractivity contribution in [2.24, 2.45) is 5.92 Å². The molecule has 0 bridgehead atoms. The van der Waals surface area contributed by atoms with Gasteiger partial charge in [0.05, 0.1) is 5.56 Å². The van der Waals surface area contributed by atoms with Crippen molar-refractivity contribution in [2.45, 2.75) is 12.8 Å². The number of hydrogen-bond acceptors (Lipinski definition) is 3. The summed E-state index contributed by atoms with van der Waals surface area (Å²) in [5, 5.41) is 9.71. The number of ketones is 1. The van der Waals surface area contributed by atoms with Crippen molar-refractivity contribution in [2.75, 3.05) is 13.1 Å². The molecule has 0 aliphatic carbocycles. The van der Waals surface area contributed by atoms with Crippen LogP contribution in [0, 0.1) is 17.6 Å². The number of aromatic hydroxyl groups is 1. The first-order valence-corrected chi connectivity index (χ1v) is 8.04. The van der Waals surface area contributed by atoms with Crippen LogP contribution in [0.1, 0.15) is 33.6 Å². The third kappa shape index (κ3) is 3.52. The third-order valence-corrected chi connectivity index (χ3v) is 4.48. The summed E-state index contributed by atoms with van der Waals surface area (Å²) in [4.78, 5) is 26.5. The lowest BCUT2D eigenvalue weighted by molar-refractivity contribution is 0.0649. The summed E-state index contributed by atoms with van der Waals surface area (Å²) >= 11 is 0. The number of likely N-dealkylation sites (tertiary alicyclic amines) is 1. The van der Waals surface area contributed by atoms with Crippen LogP contribution in [0.2, 0.25) is 0 Å². The monoisotopic (exact) mass is 345 g/mol. The first kappa shape index (κ1) is 17.1. The first-order valence-electron chi connectivity index (χ1n) is 8.04. The zero-order chi connectivity index (χ0) is 18.0. The minimum atomic E-state index is -1.20. The summed E-state index contributed by atoms with van der Waals surface area (Å²) < 4.78 is 26.4. The molecule has 0 spiro atoms. The number of carbonyl (C=O) groups is 2. The van der Waals surface area contributed by atoms with Gasteiger partial charge in [-0.15, -0.1) is 0 Å². The zero-order valence-corrected chi connectivity index (χ0v) is 13.4. The summed E-state index contributed by atoms with van der Waals surface area (Å²) in [5.74, 6) is -3.89. The van der Waals surface area contributed by atoms with Crippen molar-refractivity contribution in [3.63, 3.8) is 0 Å². The van der Waals surface area contributed by atoms with Crippen LogP contribution in [0.25, 0.3) is 0 Å². The molecular formula is C19H17F2NO3. The first-order chi connectivity index (χ1) is 12.0. The summed E-state index contributed by atoms with van der Waals surface area (Å²) in [6.07, 6.45) is 0.825. The number of hydrogen-bond donors (Lipinski definition) is 1. The molecule has 0 saturated carbocycles. The van der Waals surface area contributed by atoms with E-state index < -0.39 is 29.1 Å². The van der Waals surface area contributed by atoms with Crippen LogP contribution in [0.5, 0.6) is 5.75 Å². The maximum atomic E-state index is 13.4. The fraction of sp³-hybridized carbons (Fsp3) is 0.263. The Morgan fingerprint density at radius 3 is 2.24 bits per heavy atom. The highest BCUT2D eigenvalue weighted by molar-refractivity contribution is 6.00. The second kappa shape index (κ2) is 7.01. The quantitative estimate of drug-likeness (QED) is 0.868. The average Bonchev–Trinajstić information content (AvgIpc) is 2.64. The largest absolute Gasteiger partial charge is 0.507 e. The number of piperidine rings is 1. The van der Waals surface area contributed by atoms with E-state index in [0.29, 0.717) is 37.6 Å². The molecule has 6 heteroatoms. The van der Waals surface area contributed by atoms with Crippen molar-refractivity contribution < 1.29 is 23.5 Å². The van der Waals surface area contributed by atoms with Crippen molar-refractivity contribution in [1.29, 1.82) is 0 Å². The molecule has 0 aromatic heterocycles. The Kier molecular flexibility index (Phi) is 4.79. The van der Waals surface area contributed by atoms with E-state index in [9.17, 15) is 23.5 Å². The molecule has 0 unspecified atom stereocenters. The highest BCUT2D eigenvalue weighted by Crippen LogP contribution is 2.28. The van der Waals surface area contributed by atoms with E-state index in [4.69, 9.17) is 0 Å². The molecule has 2 aromatic carbocycles. The van der Waals surface area contributed by atoms with Gasteiger partial charge in [-0.1, -0.05) is 18.2 Å². The number of benzene rings is 2. The van der Waals surface area contributed by atoms with Gasteiger partial charge in [0.15, 0.2) is 17.4 Å². The van der Waals surface area contributed by atoms with Crippen LogP contribution >= 0.6 is 0 Å². The number of Topliss-reactive ketones (excluding diaryl/α,β-unsaturated/α-hetero) is 1. The smallest absolute Gasteiger partial charge is 0.253 e. The lowest BCUT2D eigenvalue weighted by Crippen LogP contribution is -2.40. The Balaban J connectivity index is 1.67. The van der Waals surface area contributed by atoms with Crippen LogP contribution in [0.4, 0.5) is 8.78 Å².